The Bertz CT molecular complexity index is 1840. The van der Waals surface area contributed by atoms with Crippen LogP contribution in [-0.2, 0) is 38.6 Å². The Morgan fingerprint density at radius 3 is 2.51 bits per heavy atom. The lowest BCUT2D eigenvalue weighted by atomic mass is 9.91. The van der Waals surface area contributed by atoms with Crippen molar-refractivity contribution in [3.8, 4) is 6.07 Å². The number of allylic oxidation sites excluding steroid dienone is 5. The van der Waals surface area contributed by atoms with Crippen LogP contribution in [0.4, 0.5) is 0 Å². The number of aliphatic hydroxyl groups excluding tert-OH is 1. The van der Waals surface area contributed by atoms with Gasteiger partial charge in [0.05, 0.1) is 12.2 Å². The average molecular weight is 702 g/mol. The van der Waals surface area contributed by atoms with Crippen LogP contribution in [-0.4, -0.2) is 41.2 Å². The number of hydrogen-bond donors (Lipinski definition) is 3. The highest BCUT2D eigenvalue weighted by molar-refractivity contribution is 6.31. The van der Waals surface area contributed by atoms with E-state index in [-0.39, 0.29) is 6.61 Å². The van der Waals surface area contributed by atoms with Gasteiger partial charge >= 0.3 is 0 Å². The van der Waals surface area contributed by atoms with Crippen LogP contribution in [0.5, 0.6) is 0 Å². The van der Waals surface area contributed by atoms with Gasteiger partial charge in [0, 0.05) is 54.6 Å². The van der Waals surface area contributed by atoms with Crippen molar-refractivity contribution in [1.29, 1.82) is 5.26 Å². The maximum absolute atomic E-state index is 9.33. The fourth-order valence-electron chi connectivity index (χ4n) is 6.35. The highest BCUT2D eigenvalue weighted by atomic mass is 35.5. The second-order valence-corrected chi connectivity index (χ2v) is 13.4. The van der Waals surface area contributed by atoms with E-state index in [1.807, 2.05) is 18.3 Å². The zero-order chi connectivity index (χ0) is 36.6. The SMILES string of the molecule is C=C/C=C\C(=C(\C)Cc1cccc(CCc2cc(CCc3cncc(C#N)c3)c(CNCCC)cc2Cl)c1C)N1C=CC(CNCCO)=CC1=C. The van der Waals surface area contributed by atoms with Gasteiger partial charge in [0.15, 0.2) is 0 Å². The lowest BCUT2D eigenvalue weighted by Crippen LogP contribution is -2.23. The standard InChI is InChI=1S/C44H52ClN5O/c1-6-8-12-44(50-20-17-36(23-33(50)4)28-48-19-21-51)32(3)22-39-11-9-10-38(34(39)5)15-16-41-25-40(42(26-43(41)45)31-47-18-7-2)14-13-35-24-37(27-46)30-49-29-35/h6,8-12,17,20,23-26,29-30,47-48,51H,1,4,7,13-16,18-19,21-22,28,31H2,2-3,5H3/b12-8-,44-32+. The smallest absolute Gasteiger partial charge is 0.101 e. The minimum absolute atomic E-state index is 0.113. The summed E-state index contributed by atoms with van der Waals surface area (Å²) >= 11 is 6.95. The van der Waals surface area contributed by atoms with Gasteiger partial charge in [0.2, 0.25) is 0 Å². The Kier molecular flexibility index (Phi) is 15.7. The minimum Gasteiger partial charge on any atom is -0.395 e. The first-order valence-corrected chi connectivity index (χ1v) is 18.2. The predicted molar refractivity (Wildman–Crippen MR) is 212 cm³/mol. The number of hydrogen-bond acceptors (Lipinski definition) is 6. The van der Waals surface area contributed by atoms with Crippen LogP contribution in [0.1, 0.15) is 64.8 Å². The van der Waals surface area contributed by atoms with E-state index in [0.29, 0.717) is 18.7 Å². The zero-order valence-electron chi connectivity index (χ0n) is 30.4. The summed E-state index contributed by atoms with van der Waals surface area (Å²) in [4.78, 5) is 6.38. The Labute approximate surface area is 310 Å². The maximum Gasteiger partial charge on any atom is 0.101 e. The summed E-state index contributed by atoms with van der Waals surface area (Å²) in [6.45, 7) is 17.9. The molecule has 0 amide bonds. The summed E-state index contributed by atoms with van der Waals surface area (Å²) in [7, 11) is 0. The number of nitriles is 1. The van der Waals surface area contributed by atoms with Crippen LogP contribution < -0.4 is 10.6 Å². The van der Waals surface area contributed by atoms with Crippen LogP contribution in [0.25, 0.3) is 0 Å². The molecule has 4 rings (SSSR count). The van der Waals surface area contributed by atoms with Crippen molar-refractivity contribution in [2.75, 3.05) is 26.2 Å². The lowest BCUT2D eigenvalue weighted by Gasteiger charge is -2.28. The predicted octanol–water partition coefficient (Wildman–Crippen LogP) is 8.40. The van der Waals surface area contributed by atoms with Crippen molar-refractivity contribution in [2.24, 2.45) is 0 Å². The molecule has 0 aliphatic carbocycles. The van der Waals surface area contributed by atoms with Crippen LogP contribution >= 0.6 is 11.6 Å². The summed E-state index contributed by atoms with van der Waals surface area (Å²) in [5.41, 5.74) is 13.5. The quantitative estimate of drug-likeness (QED) is 0.0860. The van der Waals surface area contributed by atoms with Gasteiger partial charge in [-0.15, -0.1) is 0 Å². The van der Waals surface area contributed by atoms with Gasteiger partial charge in [-0.05, 0) is 139 Å². The van der Waals surface area contributed by atoms with Gasteiger partial charge in [-0.25, -0.2) is 0 Å². The first-order valence-electron chi connectivity index (χ1n) is 17.9. The summed E-state index contributed by atoms with van der Waals surface area (Å²) in [5, 5.41) is 26.0. The molecule has 0 radical (unpaired) electrons. The van der Waals surface area contributed by atoms with E-state index in [0.717, 1.165) is 84.7 Å². The van der Waals surface area contributed by atoms with E-state index in [2.05, 4.69) is 115 Å². The number of nitrogens with zero attached hydrogens (tertiary/aromatic N) is 3. The van der Waals surface area contributed by atoms with Crippen LogP contribution in [0.2, 0.25) is 5.02 Å². The molecule has 7 heteroatoms. The number of halogens is 1. The van der Waals surface area contributed by atoms with Crippen molar-refractivity contribution in [3.63, 3.8) is 0 Å². The monoisotopic (exact) mass is 701 g/mol. The number of benzene rings is 2. The molecule has 0 saturated heterocycles. The molecule has 3 N–H and O–H groups in total. The van der Waals surface area contributed by atoms with Crippen molar-refractivity contribution in [3.05, 3.63) is 171 Å². The van der Waals surface area contributed by atoms with Gasteiger partial charge in [0.1, 0.15) is 6.07 Å². The van der Waals surface area contributed by atoms with E-state index in [4.69, 9.17) is 16.7 Å². The van der Waals surface area contributed by atoms with Gasteiger partial charge < -0.3 is 20.6 Å². The fourth-order valence-corrected chi connectivity index (χ4v) is 6.63. The molecule has 266 valence electrons. The molecule has 1 aromatic heterocycles. The van der Waals surface area contributed by atoms with Crippen molar-refractivity contribution in [1.82, 2.24) is 20.5 Å². The molecule has 6 nitrogen and oxygen atoms in total. The normalized spacial score (nSPS) is 13.4. The number of aryl methyl sites for hydroxylation is 4. The summed E-state index contributed by atoms with van der Waals surface area (Å²) < 4.78 is 0. The van der Waals surface area contributed by atoms with Crippen LogP contribution in [0.3, 0.4) is 0 Å². The molecular formula is C44H52ClN5O. The van der Waals surface area contributed by atoms with Crippen molar-refractivity contribution >= 4 is 11.6 Å². The largest absolute Gasteiger partial charge is 0.395 e. The molecule has 0 saturated carbocycles. The molecule has 1 aliphatic heterocycles. The first-order chi connectivity index (χ1) is 24.8. The Balaban J connectivity index is 1.53. The van der Waals surface area contributed by atoms with E-state index in [9.17, 15) is 5.26 Å². The molecule has 2 aromatic carbocycles. The van der Waals surface area contributed by atoms with E-state index < -0.39 is 0 Å². The lowest BCUT2D eigenvalue weighted by molar-refractivity contribution is 0.294. The van der Waals surface area contributed by atoms with Gasteiger partial charge in [0.25, 0.3) is 0 Å². The molecule has 0 unspecified atom stereocenters. The summed E-state index contributed by atoms with van der Waals surface area (Å²) in [5.74, 6) is 0. The third-order valence-corrected chi connectivity index (χ3v) is 9.55. The molecule has 1 aliphatic rings. The Morgan fingerprint density at radius 2 is 1.76 bits per heavy atom. The molecule has 0 spiro atoms. The molecule has 0 bridgehead atoms. The topological polar surface area (TPSA) is 84.2 Å². The zero-order valence-corrected chi connectivity index (χ0v) is 31.2. The van der Waals surface area contributed by atoms with Gasteiger partial charge in [-0.1, -0.05) is 68.1 Å². The van der Waals surface area contributed by atoms with E-state index in [1.165, 1.54) is 33.4 Å². The highest BCUT2D eigenvalue weighted by Gasteiger charge is 2.16. The maximum atomic E-state index is 9.33. The molecule has 0 fully saturated rings. The number of nitrogens with one attached hydrogen (secondary N) is 2. The fraction of sp³-hybridized carbons (Fsp3) is 0.318. The average Bonchev–Trinajstić information content (AvgIpc) is 3.13. The van der Waals surface area contributed by atoms with Crippen molar-refractivity contribution < 1.29 is 5.11 Å². The molecule has 0 atom stereocenters. The van der Waals surface area contributed by atoms with E-state index >= 15 is 0 Å². The van der Waals surface area contributed by atoms with Crippen LogP contribution in [0.15, 0.2) is 121 Å². The van der Waals surface area contributed by atoms with E-state index in [1.54, 1.807) is 12.3 Å². The molecule has 3 aromatic rings. The Morgan fingerprint density at radius 1 is 1.00 bits per heavy atom. The van der Waals surface area contributed by atoms with Crippen LogP contribution in [0, 0.1) is 18.3 Å². The number of rotatable bonds is 19. The van der Waals surface area contributed by atoms with Gasteiger partial charge in [-0.3, -0.25) is 4.98 Å². The summed E-state index contributed by atoms with van der Waals surface area (Å²) in [6.07, 6.45) is 20.8. The van der Waals surface area contributed by atoms with Gasteiger partial charge in [-0.2, -0.15) is 5.26 Å². The molecule has 2 heterocycles. The van der Waals surface area contributed by atoms with Crippen molar-refractivity contribution in [2.45, 2.75) is 65.8 Å². The second kappa shape index (κ2) is 20.4. The minimum atomic E-state index is 0.113. The second-order valence-electron chi connectivity index (χ2n) is 13.0. The third-order valence-electron chi connectivity index (χ3n) is 9.20. The Hall–Kier alpha value is -4.51. The highest BCUT2D eigenvalue weighted by Crippen LogP contribution is 2.29. The number of pyridine rings is 1. The first kappa shape index (κ1) is 39.3. The molecule has 51 heavy (non-hydrogen) atoms. The molecular weight excluding hydrogens is 650 g/mol. The summed E-state index contributed by atoms with van der Waals surface area (Å²) in [6, 6.07) is 15.2. The number of aromatic nitrogens is 1. The number of aliphatic hydroxyl groups is 1. The third kappa shape index (κ3) is 11.5.